The first kappa shape index (κ1) is 12.4. The molecule has 18 heavy (non-hydrogen) atoms. The highest BCUT2D eigenvalue weighted by Gasteiger charge is 2.10. The van der Waals surface area contributed by atoms with Crippen molar-refractivity contribution < 1.29 is 9.84 Å². The van der Waals surface area contributed by atoms with Crippen LogP contribution in [0.2, 0.25) is 0 Å². The van der Waals surface area contributed by atoms with Gasteiger partial charge in [-0.25, -0.2) is 4.98 Å². The molecule has 1 heterocycles. The number of aromatic amines is 1. The summed E-state index contributed by atoms with van der Waals surface area (Å²) in [6.07, 6.45) is 3.53. The lowest BCUT2D eigenvalue weighted by Gasteiger charge is -2.17. The van der Waals surface area contributed by atoms with Crippen LogP contribution in [0.25, 0.3) is 0 Å². The van der Waals surface area contributed by atoms with Crippen molar-refractivity contribution in [2.24, 2.45) is 0 Å². The molecule has 0 unspecified atom stereocenters. The lowest BCUT2D eigenvalue weighted by Crippen LogP contribution is -2.18. The molecule has 2 rings (SSSR count). The van der Waals surface area contributed by atoms with E-state index in [2.05, 4.69) is 14.9 Å². The molecule has 0 radical (unpaired) electrons. The number of H-pyrrole nitrogens is 1. The monoisotopic (exact) mass is 247 g/mol. The topological polar surface area (TPSA) is 61.4 Å². The number of rotatable bonds is 5. The maximum atomic E-state index is 9.99. The van der Waals surface area contributed by atoms with Gasteiger partial charge >= 0.3 is 0 Å². The Kier molecular flexibility index (Phi) is 3.84. The van der Waals surface area contributed by atoms with Crippen LogP contribution in [0.4, 0.5) is 0 Å². The molecular weight excluding hydrogens is 230 g/mol. The minimum absolute atomic E-state index is 0.200. The molecule has 2 N–H and O–H groups in total. The highest BCUT2D eigenvalue weighted by molar-refractivity contribution is 5.45. The summed E-state index contributed by atoms with van der Waals surface area (Å²) in [5.74, 6) is 1.60. The summed E-state index contributed by atoms with van der Waals surface area (Å²) < 4.78 is 5.09. The van der Waals surface area contributed by atoms with Gasteiger partial charge in [-0.3, -0.25) is 4.90 Å². The van der Waals surface area contributed by atoms with Crippen molar-refractivity contribution in [3.63, 3.8) is 0 Å². The van der Waals surface area contributed by atoms with E-state index in [0.717, 1.165) is 11.4 Å². The summed E-state index contributed by atoms with van der Waals surface area (Å²) in [4.78, 5) is 9.28. The van der Waals surface area contributed by atoms with Gasteiger partial charge in [-0.2, -0.15) is 0 Å². The molecule has 5 heteroatoms. The largest absolute Gasteiger partial charge is 0.504 e. The maximum absolute atomic E-state index is 9.99. The Balaban J connectivity index is 2.05. The fraction of sp³-hybridized carbons (Fsp3) is 0.308. The van der Waals surface area contributed by atoms with Crippen LogP contribution < -0.4 is 4.74 Å². The SMILES string of the molecule is COc1cccc(CN(C)Cc2ncc[nH]2)c1O. The number of hydrogen-bond donors (Lipinski definition) is 2. The molecule has 0 fully saturated rings. The molecule has 5 nitrogen and oxygen atoms in total. The van der Waals surface area contributed by atoms with Crippen molar-refractivity contribution in [3.05, 3.63) is 42.0 Å². The predicted molar refractivity (Wildman–Crippen MR) is 68.4 cm³/mol. The average molecular weight is 247 g/mol. The van der Waals surface area contributed by atoms with Gasteiger partial charge in [0.15, 0.2) is 11.5 Å². The van der Waals surface area contributed by atoms with Crippen molar-refractivity contribution in [1.29, 1.82) is 0 Å². The minimum Gasteiger partial charge on any atom is -0.504 e. The number of phenolic OH excluding ortho intramolecular Hbond substituents is 1. The van der Waals surface area contributed by atoms with E-state index in [1.165, 1.54) is 0 Å². The lowest BCUT2D eigenvalue weighted by atomic mass is 10.1. The number of hydrogen-bond acceptors (Lipinski definition) is 4. The highest BCUT2D eigenvalue weighted by Crippen LogP contribution is 2.30. The highest BCUT2D eigenvalue weighted by atomic mass is 16.5. The molecule has 0 aliphatic carbocycles. The van der Waals surface area contributed by atoms with Crippen LogP contribution in [-0.2, 0) is 13.1 Å². The van der Waals surface area contributed by atoms with Crippen LogP contribution in [0.15, 0.2) is 30.6 Å². The summed E-state index contributed by atoms with van der Waals surface area (Å²) >= 11 is 0. The molecule has 0 amide bonds. The Bertz CT molecular complexity index is 497. The summed E-state index contributed by atoms with van der Waals surface area (Å²) in [5, 5.41) is 9.99. The first-order valence-corrected chi connectivity index (χ1v) is 5.72. The van der Waals surface area contributed by atoms with Crippen LogP contribution >= 0.6 is 0 Å². The van der Waals surface area contributed by atoms with E-state index < -0.39 is 0 Å². The summed E-state index contributed by atoms with van der Waals surface area (Å²) in [6.45, 7) is 1.33. The zero-order chi connectivity index (χ0) is 13.0. The predicted octanol–water partition coefficient (Wildman–Crippen LogP) is 1.76. The number of methoxy groups -OCH3 is 1. The lowest BCUT2D eigenvalue weighted by molar-refractivity contribution is 0.301. The van der Waals surface area contributed by atoms with E-state index in [1.54, 1.807) is 25.6 Å². The second kappa shape index (κ2) is 5.55. The second-order valence-electron chi connectivity index (χ2n) is 4.18. The van der Waals surface area contributed by atoms with Crippen LogP contribution in [0.3, 0.4) is 0 Å². The number of phenols is 1. The van der Waals surface area contributed by atoms with Crippen molar-refractivity contribution in [2.75, 3.05) is 14.2 Å². The Morgan fingerprint density at radius 3 is 2.89 bits per heavy atom. The van der Waals surface area contributed by atoms with Gasteiger partial charge < -0.3 is 14.8 Å². The van der Waals surface area contributed by atoms with Crippen molar-refractivity contribution >= 4 is 0 Å². The quantitative estimate of drug-likeness (QED) is 0.845. The standard InChI is InChI=1S/C13H17N3O2/c1-16(9-12-14-6-7-15-12)8-10-4-3-5-11(18-2)13(10)17/h3-7,17H,8-9H2,1-2H3,(H,14,15). The molecule has 0 saturated heterocycles. The molecule has 2 aromatic rings. The van der Waals surface area contributed by atoms with Gasteiger partial charge in [0.2, 0.25) is 0 Å². The number of aromatic nitrogens is 2. The number of nitrogens with zero attached hydrogens (tertiary/aromatic N) is 2. The maximum Gasteiger partial charge on any atom is 0.162 e. The van der Waals surface area contributed by atoms with Gasteiger partial charge in [0.25, 0.3) is 0 Å². The number of para-hydroxylation sites is 1. The number of nitrogens with one attached hydrogen (secondary N) is 1. The Labute approximate surface area is 106 Å². The van der Waals surface area contributed by atoms with Crippen molar-refractivity contribution in [2.45, 2.75) is 13.1 Å². The minimum atomic E-state index is 0.200. The van der Waals surface area contributed by atoms with Gasteiger partial charge in [0.05, 0.1) is 13.7 Å². The van der Waals surface area contributed by atoms with Gasteiger partial charge in [-0.05, 0) is 13.1 Å². The first-order chi connectivity index (χ1) is 8.70. The third-order valence-corrected chi connectivity index (χ3v) is 2.72. The van der Waals surface area contributed by atoms with Crippen LogP contribution in [0, 0.1) is 0 Å². The smallest absolute Gasteiger partial charge is 0.162 e. The third-order valence-electron chi connectivity index (χ3n) is 2.72. The van der Waals surface area contributed by atoms with Crippen molar-refractivity contribution in [3.8, 4) is 11.5 Å². The summed E-state index contributed by atoms with van der Waals surface area (Å²) in [5.41, 5.74) is 0.836. The van der Waals surface area contributed by atoms with Gasteiger partial charge in [-0.15, -0.1) is 0 Å². The number of aromatic hydroxyl groups is 1. The van der Waals surface area contributed by atoms with Crippen LogP contribution in [-0.4, -0.2) is 34.1 Å². The fourth-order valence-electron chi connectivity index (χ4n) is 1.85. The Morgan fingerprint density at radius 2 is 2.22 bits per heavy atom. The molecule has 0 bridgehead atoms. The number of benzene rings is 1. The van der Waals surface area contributed by atoms with E-state index in [9.17, 15) is 5.11 Å². The van der Waals surface area contributed by atoms with E-state index in [4.69, 9.17) is 4.74 Å². The number of imidazole rings is 1. The van der Waals surface area contributed by atoms with Crippen LogP contribution in [0.5, 0.6) is 11.5 Å². The zero-order valence-corrected chi connectivity index (χ0v) is 10.6. The molecule has 0 spiro atoms. The number of ether oxygens (including phenoxy) is 1. The molecule has 1 aromatic carbocycles. The molecule has 1 aromatic heterocycles. The Hall–Kier alpha value is -2.01. The molecule has 0 aliphatic heterocycles. The zero-order valence-electron chi connectivity index (χ0n) is 10.6. The van der Waals surface area contributed by atoms with E-state index >= 15 is 0 Å². The first-order valence-electron chi connectivity index (χ1n) is 5.72. The van der Waals surface area contributed by atoms with Gasteiger partial charge in [0.1, 0.15) is 5.82 Å². The van der Waals surface area contributed by atoms with Crippen molar-refractivity contribution in [1.82, 2.24) is 14.9 Å². The second-order valence-corrected chi connectivity index (χ2v) is 4.18. The normalized spacial score (nSPS) is 10.8. The van der Waals surface area contributed by atoms with E-state index in [1.807, 2.05) is 19.2 Å². The average Bonchev–Trinajstić information content (AvgIpc) is 2.84. The summed E-state index contributed by atoms with van der Waals surface area (Å²) in [7, 11) is 3.52. The van der Waals surface area contributed by atoms with Gasteiger partial charge in [-0.1, -0.05) is 12.1 Å². The molecule has 96 valence electrons. The third kappa shape index (κ3) is 2.81. The molecule has 0 aliphatic rings. The molecule has 0 saturated carbocycles. The molecular formula is C13H17N3O2. The van der Waals surface area contributed by atoms with E-state index in [-0.39, 0.29) is 5.75 Å². The summed E-state index contributed by atoms with van der Waals surface area (Å²) in [6, 6.07) is 5.50. The molecule has 0 atom stereocenters. The van der Waals surface area contributed by atoms with Crippen LogP contribution in [0.1, 0.15) is 11.4 Å². The Morgan fingerprint density at radius 1 is 1.39 bits per heavy atom. The van der Waals surface area contributed by atoms with Gasteiger partial charge in [0, 0.05) is 24.5 Å². The van der Waals surface area contributed by atoms with E-state index in [0.29, 0.717) is 18.8 Å². The fourth-order valence-corrected chi connectivity index (χ4v) is 1.85.